The Kier molecular flexibility index (Phi) is 3.92. The Morgan fingerprint density at radius 2 is 2.14 bits per heavy atom. The van der Waals surface area contributed by atoms with Crippen molar-refractivity contribution in [2.75, 3.05) is 13.1 Å². The first-order valence-electron chi connectivity index (χ1n) is 7.62. The number of nitrogens with one attached hydrogen (secondary N) is 2. The molecule has 2 heterocycles. The van der Waals surface area contributed by atoms with Crippen molar-refractivity contribution in [3.05, 3.63) is 30.0 Å². The van der Waals surface area contributed by atoms with Crippen LogP contribution in [-0.4, -0.2) is 46.2 Å². The molecule has 1 aliphatic rings. The van der Waals surface area contributed by atoms with Gasteiger partial charge in [0.05, 0.1) is 11.7 Å². The molecule has 0 spiro atoms. The highest BCUT2D eigenvalue weighted by atomic mass is 16.2. The molecule has 0 aliphatic carbocycles. The zero-order valence-electron chi connectivity index (χ0n) is 12.6. The van der Waals surface area contributed by atoms with E-state index in [-0.39, 0.29) is 5.91 Å². The van der Waals surface area contributed by atoms with E-state index in [1.165, 1.54) is 0 Å². The topological polar surface area (TPSA) is 61.0 Å². The highest BCUT2D eigenvalue weighted by Crippen LogP contribution is 2.18. The van der Waals surface area contributed by atoms with E-state index in [1.807, 2.05) is 23.1 Å². The number of carbonyl (C=O) groups excluding carboxylic acids is 1. The van der Waals surface area contributed by atoms with Crippen molar-refractivity contribution in [3.63, 3.8) is 0 Å². The number of likely N-dealkylation sites (tertiary alicyclic amines) is 1. The van der Waals surface area contributed by atoms with E-state index in [2.05, 4.69) is 29.4 Å². The minimum Gasteiger partial charge on any atom is -0.339 e. The van der Waals surface area contributed by atoms with Crippen molar-refractivity contribution in [2.45, 2.75) is 38.8 Å². The van der Waals surface area contributed by atoms with Gasteiger partial charge in [0.25, 0.3) is 5.91 Å². The fourth-order valence-corrected chi connectivity index (χ4v) is 2.98. The van der Waals surface area contributed by atoms with Gasteiger partial charge in [-0.1, -0.05) is 13.8 Å². The second-order valence-corrected chi connectivity index (χ2v) is 6.06. The number of aromatic nitrogens is 2. The summed E-state index contributed by atoms with van der Waals surface area (Å²) in [5, 5.41) is 11.4. The number of benzene rings is 1. The van der Waals surface area contributed by atoms with E-state index in [4.69, 9.17) is 0 Å². The predicted molar refractivity (Wildman–Crippen MR) is 83.3 cm³/mol. The highest BCUT2D eigenvalue weighted by Gasteiger charge is 2.23. The van der Waals surface area contributed by atoms with Gasteiger partial charge in [-0.3, -0.25) is 9.89 Å². The van der Waals surface area contributed by atoms with Gasteiger partial charge in [-0.25, -0.2) is 0 Å². The molecule has 0 bridgehead atoms. The molecule has 2 aromatic rings. The van der Waals surface area contributed by atoms with Crippen LogP contribution >= 0.6 is 0 Å². The van der Waals surface area contributed by atoms with E-state index in [0.717, 1.165) is 42.4 Å². The molecule has 0 unspecified atom stereocenters. The summed E-state index contributed by atoms with van der Waals surface area (Å²) in [5.74, 6) is 0.126. The number of H-pyrrole nitrogens is 1. The molecule has 5 heteroatoms. The van der Waals surface area contributed by atoms with Crippen LogP contribution in [0.1, 0.15) is 37.0 Å². The Morgan fingerprint density at radius 1 is 1.38 bits per heavy atom. The third-order valence-electron chi connectivity index (χ3n) is 4.04. The maximum absolute atomic E-state index is 12.6. The summed E-state index contributed by atoms with van der Waals surface area (Å²) in [6.45, 7) is 5.98. The number of nitrogens with zero attached hydrogens (tertiary/aromatic N) is 2. The van der Waals surface area contributed by atoms with Gasteiger partial charge in [-0.05, 0) is 31.0 Å². The number of aromatic amines is 1. The molecule has 0 radical (unpaired) electrons. The number of carbonyl (C=O) groups is 1. The number of amides is 1. The van der Waals surface area contributed by atoms with Crippen LogP contribution in [0.15, 0.2) is 24.4 Å². The second-order valence-electron chi connectivity index (χ2n) is 6.06. The Labute approximate surface area is 124 Å². The molecule has 1 amide bonds. The van der Waals surface area contributed by atoms with Crippen LogP contribution in [0.5, 0.6) is 0 Å². The Morgan fingerprint density at radius 3 is 2.86 bits per heavy atom. The van der Waals surface area contributed by atoms with Crippen LogP contribution in [0.25, 0.3) is 10.9 Å². The number of rotatable bonds is 3. The Balaban J connectivity index is 1.66. The summed E-state index contributed by atoms with van der Waals surface area (Å²) in [7, 11) is 0. The molecule has 3 rings (SSSR count). The highest BCUT2D eigenvalue weighted by molar-refractivity contribution is 5.97. The van der Waals surface area contributed by atoms with Gasteiger partial charge >= 0.3 is 0 Å². The molecule has 21 heavy (non-hydrogen) atoms. The van der Waals surface area contributed by atoms with Crippen molar-refractivity contribution < 1.29 is 4.79 Å². The van der Waals surface area contributed by atoms with E-state index in [9.17, 15) is 4.79 Å². The van der Waals surface area contributed by atoms with Gasteiger partial charge in [-0.2, -0.15) is 5.10 Å². The first-order valence-corrected chi connectivity index (χ1v) is 7.62. The van der Waals surface area contributed by atoms with E-state index >= 15 is 0 Å². The molecule has 1 fully saturated rings. The molecule has 1 aromatic heterocycles. The molecule has 1 saturated heterocycles. The first kappa shape index (κ1) is 14.1. The summed E-state index contributed by atoms with van der Waals surface area (Å²) < 4.78 is 0. The zero-order chi connectivity index (χ0) is 14.8. The predicted octanol–water partition coefficient (Wildman–Crippen LogP) is 2.17. The van der Waals surface area contributed by atoms with Crippen LogP contribution in [0.4, 0.5) is 0 Å². The van der Waals surface area contributed by atoms with Crippen molar-refractivity contribution in [1.29, 1.82) is 0 Å². The maximum atomic E-state index is 12.6. The number of hydrogen-bond donors (Lipinski definition) is 2. The van der Waals surface area contributed by atoms with Crippen LogP contribution in [0.3, 0.4) is 0 Å². The SMILES string of the molecule is CC(C)NC1CCN(C(=O)c2ccc3[nH]ncc3c2)CC1. The van der Waals surface area contributed by atoms with Crippen LogP contribution in [0, 0.1) is 0 Å². The van der Waals surface area contributed by atoms with Gasteiger partial charge in [0.15, 0.2) is 0 Å². The summed E-state index contributed by atoms with van der Waals surface area (Å²) in [4.78, 5) is 14.5. The first-order chi connectivity index (χ1) is 10.1. The largest absolute Gasteiger partial charge is 0.339 e. The molecule has 0 atom stereocenters. The summed E-state index contributed by atoms with van der Waals surface area (Å²) in [6, 6.07) is 6.75. The average molecular weight is 286 g/mol. The fourth-order valence-electron chi connectivity index (χ4n) is 2.98. The van der Waals surface area contributed by atoms with Crippen molar-refractivity contribution in [2.24, 2.45) is 0 Å². The van der Waals surface area contributed by atoms with Crippen molar-refractivity contribution in [3.8, 4) is 0 Å². The quantitative estimate of drug-likeness (QED) is 0.909. The van der Waals surface area contributed by atoms with Gasteiger partial charge in [-0.15, -0.1) is 0 Å². The van der Waals surface area contributed by atoms with E-state index in [1.54, 1.807) is 6.20 Å². The summed E-state index contributed by atoms with van der Waals surface area (Å²) >= 11 is 0. The summed E-state index contributed by atoms with van der Waals surface area (Å²) in [5.41, 5.74) is 1.71. The monoisotopic (exact) mass is 286 g/mol. The van der Waals surface area contributed by atoms with E-state index < -0.39 is 0 Å². The maximum Gasteiger partial charge on any atom is 0.253 e. The van der Waals surface area contributed by atoms with Gasteiger partial charge in [0.1, 0.15) is 0 Å². The zero-order valence-corrected chi connectivity index (χ0v) is 12.6. The third kappa shape index (κ3) is 3.08. The smallest absolute Gasteiger partial charge is 0.253 e. The van der Waals surface area contributed by atoms with Gasteiger partial charge < -0.3 is 10.2 Å². The minimum atomic E-state index is 0.126. The van der Waals surface area contributed by atoms with Crippen molar-refractivity contribution in [1.82, 2.24) is 20.4 Å². The van der Waals surface area contributed by atoms with Gasteiger partial charge in [0, 0.05) is 36.1 Å². The molecule has 5 nitrogen and oxygen atoms in total. The third-order valence-corrected chi connectivity index (χ3v) is 4.04. The summed E-state index contributed by atoms with van der Waals surface area (Å²) in [6.07, 6.45) is 3.81. The van der Waals surface area contributed by atoms with E-state index in [0.29, 0.717) is 12.1 Å². The second kappa shape index (κ2) is 5.85. The van der Waals surface area contributed by atoms with Crippen LogP contribution in [-0.2, 0) is 0 Å². The molecular formula is C16H22N4O. The van der Waals surface area contributed by atoms with Crippen LogP contribution in [0.2, 0.25) is 0 Å². The Hall–Kier alpha value is -1.88. The molecule has 1 aliphatic heterocycles. The standard InChI is InChI=1S/C16H22N4O/c1-11(2)18-14-5-7-20(8-6-14)16(21)12-3-4-15-13(9-12)10-17-19-15/h3-4,9-11,14,18H,5-8H2,1-2H3,(H,17,19). The van der Waals surface area contributed by atoms with Crippen LogP contribution < -0.4 is 5.32 Å². The average Bonchev–Trinajstić information content (AvgIpc) is 2.94. The molecule has 2 N–H and O–H groups in total. The fraction of sp³-hybridized carbons (Fsp3) is 0.500. The lowest BCUT2D eigenvalue weighted by Gasteiger charge is -2.33. The molecule has 0 saturated carbocycles. The lowest BCUT2D eigenvalue weighted by Crippen LogP contribution is -2.46. The molecular weight excluding hydrogens is 264 g/mol. The number of piperidine rings is 1. The van der Waals surface area contributed by atoms with Crippen molar-refractivity contribution >= 4 is 16.8 Å². The van der Waals surface area contributed by atoms with Gasteiger partial charge in [0.2, 0.25) is 0 Å². The lowest BCUT2D eigenvalue weighted by molar-refractivity contribution is 0.0703. The molecule has 1 aromatic carbocycles. The number of fused-ring (bicyclic) bond motifs is 1. The number of hydrogen-bond acceptors (Lipinski definition) is 3. The normalized spacial score (nSPS) is 16.8. The Bertz CT molecular complexity index is 626. The lowest BCUT2D eigenvalue weighted by atomic mass is 10.0. The minimum absolute atomic E-state index is 0.126. The molecule has 112 valence electrons.